The normalized spacial score (nSPS) is 10.7. The van der Waals surface area contributed by atoms with Gasteiger partial charge in [0.1, 0.15) is 5.82 Å². The van der Waals surface area contributed by atoms with E-state index < -0.39 is 23.0 Å². The Hall–Kier alpha value is -3.55. The lowest BCUT2D eigenvalue weighted by molar-refractivity contribution is 0.0944. The Labute approximate surface area is 166 Å². The van der Waals surface area contributed by atoms with Crippen molar-refractivity contribution in [3.63, 3.8) is 0 Å². The molecular formula is C21H21FN4O3. The monoisotopic (exact) mass is 396 g/mol. The summed E-state index contributed by atoms with van der Waals surface area (Å²) < 4.78 is 15.2. The van der Waals surface area contributed by atoms with Crippen molar-refractivity contribution < 1.29 is 9.18 Å². The van der Waals surface area contributed by atoms with Crippen LogP contribution in [0.1, 0.15) is 35.0 Å². The van der Waals surface area contributed by atoms with Crippen LogP contribution >= 0.6 is 0 Å². The molecule has 0 aliphatic carbocycles. The summed E-state index contributed by atoms with van der Waals surface area (Å²) in [5.41, 5.74) is 0.111. The molecule has 0 fully saturated rings. The van der Waals surface area contributed by atoms with Crippen LogP contribution in [-0.2, 0) is 6.54 Å². The SMILES string of the molecule is CCCNC(=O)c1nn(-c2ccc(C)cc2)c(=O)n(Cc2ccc(F)cc2)c1=O. The average Bonchev–Trinajstić information content (AvgIpc) is 2.71. The molecule has 0 atom stereocenters. The van der Waals surface area contributed by atoms with Crippen molar-refractivity contribution >= 4 is 5.91 Å². The lowest BCUT2D eigenvalue weighted by Gasteiger charge is -2.12. The van der Waals surface area contributed by atoms with E-state index >= 15 is 0 Å². The molecule has 8 heteroatoms. The zero-order valence-electron chi connectivity index (χ0n) is 16.2. The summed E-state index contributed by atoms with van der Waals surface area (Å²) >= 11 is 0. The fourth-order valence-electron chi connectivity index (χ4n) is 2.75. The molecular weight excluding hydrogens is 375 g/mol. The Morgan fingerprint density at radius 1 is 1.07 bits per heavy atom. The first-order chi connectivity index (χ1) is 13.9. The summed E-state index contributed by atoms with van der Waals surface area (Å²) in [5.74, 6) is -1.07. The quantitative estimate of drug-likeness (QED) is 0.691. The topological polar surface area (TPSA) is 86.0 Å². The molecule has 2 aromatic carbocycles. The molecule has 3 rings (SSSR count). The molecule has 1 N–H and O–H groups in total. The number of nitrogens with one attached hydrogen (secondary N) is 1. The second-order valence-electron chi connectivity index (χ2n) is 6.65. The van der Waals surface area contributed by atoms with E-state index in [1.165, 1.54) is 24.3 Å². The van der Waals surface area contributed by atoms with Gasteiger partial charge in [-0.1, -0.05) is 36.8 Å². The minimum Gasteiger partial charge on any atom is -0.350 e. The molecule has 150 valence electrons. The number of carbonyl (C=O) groups excluding carboxylic acids is 1. The van der Waals surface area contributed by atoms with E-state index in [0.717, 1.165) is 14.8 Å². The molecule has 0 radical (unpaired) electrons. The third kappa shape index (κ3) is 4.48. The van der Waals surface area contributed by atoms with E-state index in [2.05, 4.69) is 10.4 Å². The van der Waals surface area contributed by atoms with Gasteiger partial charge < -0.3 is 5.32 Å². The highest BCUT2D eigenvalue weighted by atomic mass is 19.1. The largest absolute Gasteiger partial charge is 0.352 e. The Morgan fingerprint density at radius 2 is 1.72 bits per heavy atom. The second kappa shape index (κ2) is 8.64. The van der Waals surface area contributed by atoms with E-state index in [1.807, 2.05) is 13.8 Å². The fourth-order valence-corrected chi connectivity index (χ4v) is 2.75. The lowest BCUT2D eigenvalue weighted by atomic mass is 10.2. The summed E-state index contributed by atoms with van der Waals surface area (Å²) in [7, 11) is 0. The van der Waals surface area contributed by atoms with Gasteiger partial charge in [0, 0.05) is 6.54 Å². The van der Waals surface area contributed by atoms with Crippen molar-refractivity contribution in [1.29, 1.82) is 0 Å². The van der Waals surface area contributed by atoms with Gasteiger partial charge in [0.05, 0.1) is 12.2 Å². The van der Waals surface area contributed by atoms with Gasteiger partial charge in [0.2, 0.25) is 5.69 Å². The van der Waals surface area contributed by atoms with Gasteiger partial charge in [-0.15, -0.1) is 0 Å². The summed E-state index contributed by atoms with van der Waals surface area (Å²) in [4.78, 5) is 38.3. The number of carbonyl (C=O) groups is 1. The van der Waals surface area contributed by atoms with Gasteiger partial charge in [0.15, 0.2) is 0 Å². The Balaban J connectivity index is 2.16. The van der Waals surface area contributed by atoms with Gasteiger partial charge in [-0.25, -0.2) is 9.18 Å². The summed E-state index contributed by atoms with van der Waals surface area (Å²) in [6.07, 6.45) is 0.688. The number of halogens is 1. The predicted octanol–water partition coefficient (Wildman–Crippen LogP) is 2.03. The first-order valence-electron chi connectivity index (χ1n) is 9.24. The average molecular weight is 396 g/mol. The second-order valence-corrected chi connectivity index (χ2v) is 6.65. The summed E-state index contributed by atoms with van der Waals surface area (Å²) in [6, 6.07) is 12.4. The summed E-state index contributed by atoms with van der Waals surface area (Å²) in [6.45, 7) is 4.05. The molecule has 3 aromatic rings. The molecule has 0 aliphatic rings. The maximum atomic E-state index is 13.2. The molecule has 29 heavy (non-hydrogen) atoms. The number of amides is 1. The molecule has 1 heterocycles. The van der Waals surface area contributed by atoms with E-state index in [9.17, 15) is 18.8 Å². The Bertz CT molecular complexity index is 1130. The van der Waals surface area contributed by atoms with Gasteiger partial charge in [-0.05, 0) is 43.2 Å². The highest BCUT2D eigenvalue weighted by Crippen LogP contribution is 2.07. The first kappa shape index (κ1) is 20.2. The van der Waals surface area contributed by atoms with Crippen LogP contribution in [0.25, 0.3) is 5.69 Å². The van der Waals surface area contributed by atoms with E-state index in [4.69, 9.17) is 0 Å². The molecule has 0 spiro atoms. The summed E-state index contributed by atoms with van der Waals surface area (Å²) in [5, 5.41) is 6.66. The van der Waals surface area contributed by atoms with Crippen molar-refractivity contribution in [2.24, 2.45) is 0 Å². The number of aryl methyl sites for hydroxylation is 1. The molecule has 0 bridgehead atoms. The van der Waals surface area contributed by atoms with Crippen molar-refractivity contribution in [3.8, 4) is 5.69 Å². The van der Waals surface area contributed by atoms with E-state index in [-0.39, 0.29) is 12.2 Å². The smallest absolute Gasteiger partial charge is 0.350 e. The molecule has 1 aromatic heterocycles. The van der Waals surface area contributed by atoms with Crippen LogP contribution in [-0.4, -0.2) is 26.8 Å². The molecule has 0 saturated heterocycles. The first-order valence-corrected chi connectivity index (χ1v) is 9.24. The minimum atomic E-state index is -0.795. The van der Waals surface area contributed by atoms with Crippen molar-refractivity contribution in [2.45, 2.75) is 26.8 Å². The third-order valence-electron chi connectivity index (χ3n) is 4.34. The number of hydrogen-bond donors (Lipinski definition) is 1. The number of hydrogen-bond acceptors (Lipinski definition) is 4. The lowest BCUT2D eigenvalue weighted by Crippen LogP contribution is -2.46. The van der Waals surface area contributed by atoms with Crippen LogP contribution < -0.4 is 16.6 Å². The predicted molar refractivity (Wildman–Crippen MR) is 107 cm³/mol. The van der Waals surface area contributed by atoms with Crippen molar-refractivity contribution in [1.82, 2.24) is 19.7 Å². The van der Waals surface area contributed by atoms with Crippen molar-refractivity contribution in [2.75, 3.05) is 6.54 Å². The fraction of sp³-hybridized carbons (Fsp3) is 0.238. The molecule has 0 saturated carbocycles. The number of nitrogens with zero attached hydrogens (tertiary/aromatic N) is 3. The van der Waals surface area contributed by atoms with Gasteiger partial charge in [-0.2, -0.15) is 9.78 Å². The molecule has 0 aliphatic heterocycles. The van der Waals surface area contributed by atoms with Crippen LogP contribution in [0.3, 0.4) is 0 Å². The van der Waals surface area contributed by atoms with Gasteiger partial charge in [0.25, 0.3) is 11.5 Å². The van der Waals surface area contributed by atoms with Crippen LogP contribution in [0, 0.1) is 12.7 Å². The van der Waals surface area contributed by atoms with E-state index in [1.54, 1.807) is 24.3 Å². The molecule has 0 unspecified atom stereocenters. The minimum absolute atomic E-state index is 0.111. The van der Waals surface area contributed by atoms with Crippen LogP contribution in [0.5, 0.6) is 0 Å². The molecule has 1 amide bonds. The van der Waals surface area contributed by atoms with Gasteiger partial charge in [-0.3, -0.25) is 14.2 Å². The number of aromatic nitrogens is 3. The number of benzene rings is 2. The van der Waals surface area contributed by atoms with Crippen LogP contribution in [0.4, 0.5) is 4.39 Å². The Morgan fingerprint density at radius 3 is 2.34 bits per heavy atom. The zero-order valence-corrected chi connectivity index (χ0v) is 16.2. The van der Waals surface area contributed by atoms with E-state index in [0.29, 0.717) is 24.2 Å². The highest BCUT2D eigenvalue weighted by molar-refractivity contribution is 5.91. The van der Waals surface area contributed by atoms with Gasteiger partial charge >= 0.3 is 5.69 Å². The standard InChI is InChI=1S/C21H21FN4O3/c1-3-12-23-19(27)18-20(28)25(13-15-6-8-16(22)9-7-15)21(29)26(24-18)17-10-4-14(2)5-11-17/h4-11H,3,12-13H2,1-2H3,(H,23,27). The maximum absolute atomic E-state index is 13.2. The van der Waals surface area contributed by atoms with Crippen LogP contribution in [0.15, 0.2) is 58.1 Å². The highest BCUT2D eigenvalue weighted by Gasteiger charge is 2.20. The molecule has 7 nitrogen and oxygen atoms in total. The Kier molecular flexibility index (Phi) is 6.01. The zero-order chi connectivity index (χ0) is 21.0. The number of rotatable bonds is 6. The van der Waals surface area contributed by atoms with Crippen molar-refractivity contribution in [3.05, 3.63) is 92.0 Å². The maximum Gasteiger partial charge on any atom is 0.352 e. The third-order valence-corrected chi connectivity index (χ3v) is 4.34. The van der Waals surface area contributed by atoms with Crippen LogP contribution in [0.2, 0.25) is 0 Å².